The molecule has 1 aliphatic carbocycles. The largest absolute Gasteiger partial charge is 0.490 e. The molecule has 0 radical (unpaired) electrons. The van der Waals surface area contributed by atoms with Crippen LogP contribution in [0.5, 0.6) is 11.5 Å². The van der Waals surface area contributed by atoms with Crippen molar-refractivity contribution in [3.05, 3.63) is 71.8 Å². The van der Waals surface area contributed by atoms with Crippen molar-refractivity contribution in [2.75, 3.05) is 13.2 Å². The third-order valence-corrected chi connectivity index (χ3v) is 4.71. The molecular weight excluding hydrogens is 308 g/mol. The van der Waals surface area contributed by atoms with Gasteiger partial charge in [-0.25, -0.2) is 0 Å². The van der Waals surface area contributed by atoms with Gasteiger partial charge >= 0.3 is 0 Å². The third-order valence-electron chi connectivity index (χ3n) is 4.71. The molecule has 0 saturated carbocycles. The Kier molecular flexibility index (Phi) is 4.19. The van der Waals surface area contributed by atoms with Crippen LogP contribution < -0.4 is 9.47 Å². The quantitative estimate of drug-likeness (QED) is 0.466. The first-order valence-electron chi connectivity index (χ1n) is 8.92. The summed E-state index contributed by atoms with van der Waals surface area (Å²) in [6, 6.07) is 21.5. The van der Waals surface area contributed by atoms with Crippen molar-refractivity contribution in [3.8, 4) is 33.8 Å². The highest BCUT2D eigenvalue weighted by Gasteiger charge is 2.21. The zero-order valence-electron chi connectivity index (χ0n) is 14.7. The van der Waals surface area contributed by atoms with Crippen molar-refractivity contribution in [1.82, 2.24) is 0 Å². The molecule has 0 unspecified atom stereocenters. The molecule has 0 heterocycles. The van der Waals surface area contributed by atoms with Crippen LogP contribution in [0.4, 0.5) is 0 Å². The SMILES string of the molecule is CCOc1ccc(-c2cccc3c2Cc2ccccc2-3)cc1OCC. The van der Waals surface area contributed by atoms with Gasteiger partial charge in [-0.15, -0.1) is 0 Å². The van der Waals surface area contributed by atoms with Crippen LogP contribution in [-0.4, -0.2) is 13.2 Å². The van der Waals surface area contributed by atoms with Gasteiger partial charge in [0.2, 0.25) is 0 Å². The first kappa shape index (κ1) is 15.8. The Morgan fingerprint density at radius 2 is 1.44 bits per heavy atom. The maximum Gasteiger partial charge on any atom is 0.161 e. The van der Waals surface area contributed by atoms with Crippen LogP contribution in [0.15, 0.2) is 60.7 Å². The van der Waals surface area contributed by atoms with Gasteiger partial charge in [-0.2, -0.15) is 0 Å². The summed E-state index contributed by atoms with van der Waals surface area (Å²) >= 11 is 0. The lowest BCUT2D eigenvalue weighted by Crippen LogP contribution is -1.99. The fourth-order valence-corrected chi connectivity index (χ4v) is 3.65. The van der Waals surface area contributed by atoms with E-state index in [2.05, 4.69) is 54.6 Å². The summed E-state index contributed by atoms with van der Waals surface area (Å²) in [5, 5.41) is 0. The Morgan fingerprint density at radius 1 is 0.720 bits per heavy atom. The normalized spacial score (nSPS) is 11.8. The topological polar surface area (TPSA) is 18.5 Å². The molecule has 1 aliphatic rings. The highest BCUT2D eigenvalue weighted by Crippen LogP contribution is 2.42. The average Bonchev–Trinajstić information content (AvgIpc) is 3.02. The summed E-state index contributed by atoms with van der Waals surface area (Å²) in [5.41, 5.74) is 7.96. The molecular formula is C23H22O2. The molecule has 2 nitrogen and oxygen atoms in total. The molecule has 0 amide bonds. The molecule has 0 bridgehead atoms. The highest BCUT2D eigenvalue weighted by atomic mass is 16.5. The zero-order chi connectivity index (χ0) is 17.2. The van der Waals surface area contributed by atoms with Gasteiger partial charge in [0.05, 0.1) is 13.2 Å². The second-order valence-corrected chi connectivity index (χ2v) is 6.19. The maximum atomic E-state index is 5.81. The van der Waals surface area contributed by atoms with Crippen LogP contribution in [0.2, 0.25) is 0 Å². The second kappa shape index (κ2) is 6.64. The summed E-state index contributed by atoms with van der Waals surface area (Å²) in [6.45, 7) is 5.25. The van der Waals surface area contributed by atoms with E-state index in [9.17, 15) is 0 Å². The molecule has 25 heavy (non-hydrogen) atoms. The minimum absolute atomic E-state index is 0.627. The maximum absolute atomic E-state index is 5.81. The lowest BCUT2D eigenvalue weighted by Gasteiger charge is -2.14. The zero-order valence-corrected chi connectivity index (χ0v) is 14.7. The molecule has 0 aliphatic heterocycles. The summed E-state index contributed by atoms with van der Waals surface area (Å²) in [7, 11) is 0. The number of hydrogen-bond donors (Lipinski definition) is 0. The number of benzene rings is 3. The van der Waals surface area contributed by atoms with Crippen molar-refractivity contribution in [1.29, 1.82) is 0 Å². The molecule has 0 N–H and O–H groups in total. The predicted octanol–water partition coefficient (Wildman–Crippen LogP) is 5.72. The molecule has 3 aromatic rings. The minimum atomic E-state index is 0.627. The van der Waals surface area contributed by atoms with Crippen LogP contribution in [0.3, 0.4) is 0 Å². The Bertz CT molecular complexity index is 912. The molecule has 3 aromatic carbocycles. The van der Waals surface area contributed by atoms with Gasteiger partial charge in [-0.05, 0) is 65.8 Å². The van der Waals surface area contributed by atoms with E-state index in [1.807, 2.05) is 19.9 Å². The molecule has 0 spiro atoms. The monoisotopic (exact) mass is 330 g/mol. The van der Waals surface area contributed by atoms with E-state index in [1.165, 1.54) is 33.4 Å². The summed E-state index contributed by atoms with van der Waals surface area (Å²) in [6.07, 6.45) is 0.985. The van der Waals surface area contributed by atoms with E-state index in [0.717, 1.165) is 17.9 Å². The first-order valence-corrected chi connectivity index (χ1v) is 8.92. The van der Waals surface area contributed by atoms with Gasteiger partial charge in [0.15, 0.2) is 11.5 Å². The predicted molar refractivity (Wildman–Crippen MR) is 102 cm³/mol. The first-order chi connectivity index (χ1) is 12.3. The van der Waals surface area contributed by atoms with Gasteiger partial charge < -0.3 is 9.47 Å². The summed E-state index contributed by atoms with van der Waals surface area (Å²) in [4.78, 5) is 0. The van der Waals surface area contributed by atoms with Gasteiger partial charge in [0, 0.05) is 0 Å². The van der Waals surface area contributed by atoms with E-state index in [4.69, 9.17) is 9.47 Å². The van der Waals surface area contributed by atoms with E-state index in [-0.39, 0.29) is 0 Å². The van der Waals surface area contributed by atoms with E-state index in [1.54, 1.807) is 0 Å². The number of rotatable bonds is 5. The van der Waals surface area contributed by atoms with Crippen LogP contribution in [0, 0.1) is 0 Å². The molecule has 126 valence electrons. The minimum Gasteiger partial charge on any atom is -0.490 e. The lowest BCUT2D eigenvalue weighted by molar-refractivity contribution is 0.288. The molecule has 0 atom stereocenters. The van der Waals surface area contributed by atoms with Gasteiger partial charge in [0.25, 0.3) is 0 Å². The van der Waals surface area contributed by atoms with Crippen LogP contribution in [-0.2, 0) is 6.42 Å². The number of fused-ring (bicyclic) bond motifs is 3. The van der Waals surface area contributed by atoms with Crippen LogP contribution >= 0.6 is 0 Å². The van der Waals surface area contributed by atoms with Crippen molar-refractivity contribution >= 4 is 0 Å². The van der Waals surface area contributed by atoms with Crippen LogP contribution in [0.1, 0.15) is 25.0 Å². The molecule has 0 aromatic heterocycles. The smallest absolute Gasteiger partial charge is 0.161 e. The van der Waals surface area contributed by atoms with Crippen molar-refractivity contribution in [3.63, 3.8) is 0 Å². The fraction of sp³-hybridized carbons (Fsp3) is 0.217. The Balaban J connectivity index is 1.80. The summed E-state index contributed by atoms with van der Waals surface area (Å²) < 4.78 is 11.5. The van der Waals surface area contributed by atoms with Gasteiger partial charge in [0.1, 0.15) is 0 Å². The Hall–Kier alpha value is -2.74. The Labute approximate surface area is 149 Å². The number of ether oxygens (including phenoxy) is 2. The van der Waals surface area contributed by atoms with Gasteiger partial charge in [-0.3, -0.25) is 0 Å². The molecule has 0 saturated heterocycles. The standard InChI is InChI=1S/C23H22O2/c1-3-24-22-13-12-17(15-23(22)25-4-2)19-10-7-11-20-18-9-6-5-8-16(18)14-21(19)20/h5-13,15H,3-4,14H2,1-2H3. The molecule has 0 fully saturated rings. The van der Waals surface area contributed by atoms with E-state index in [0.29, 0.717) is 13.2 Å². The lowest BCUT2D eigenvalue weighted by atomic mass is 9.95. The van der Waals surface area contributed by atoms with Gasteiger partial charge in [-0.1, -0.05) is 48.5 Å². The Morgan fingerprint density at radius 3 is 2.28 bits per heavy atom. The molecule has 4 rings (SSSR count). The van der Waals surface area contributed by atoms with Crippen molar-refractivity contribution < 1.29 is 9.47 Å². The average molecular weight is 330 g/mol. The number of hydrogen-bond acceptors (Lipinski definition) is 2. The fourth-order valence-electron chi connectivity index (χ4n) is 3.65. The van der Waals surface area contributed by atoms with Crippen LogP contribution in [0.25, 0.3) is 22.3 Å². The second-order valence-electron chi connectivity index (χ2n) is 6.19. The summed E-state index contributed by atoms with van der Waals surface area (Å²) in [5.74, 6) is 1.62. The van der Waals surface area contributed by atoms with Crippen molar-refractivity contribution in [2.24, 2.45) is 0 Å². The van der Waals surface area contributed by atoms with E-state index >= 15 is 0 Å². The van der Waals surface area contributed by atoms with Crippen molar-refractivity contribution in [2.45, 2.75) is 20.3 Å². The third kappa shape index (κ3) is 2.78. The molecule has 2 heteroatoms. The van der Waals surface area contributed by atoms with E-state index < -0.39 is 0 Å². The highest BCUT2D eigenvalue weighted by molar-refractivity contribution is 5.85.